The molecule has 2 heterocycles. The van der Waals surface area contributed by atoms with E-state index in [1.165, 1.54) is 26.5 Å². The fourth-order valence-corrected chi connectivity index (χ4v) is 3.07. The maximum absolute atomic E-state index is 12.6. The average Bonchev–Trinajstić information content (AvgIpc) is 3.18. The van der Waals surface area contributed by atoms with Gasteiger partial charge in [-0.3, -0.25) is 4.79 Å². The van der Waals surface area contributed by atoms with E-state index in [2.05, 4.69) is 0 Å². The third kappa shape index (κ3) is 3.00. The fraction of sp³-hybridized carbons (Fsp3) is 0.190. The van der Waals surface area contributed by atoms with E-state index >= 15 is 0 Å². The summed E-state index contributed by atoms with van der Waals surface area (Å²) < 4.78 is 27.6. The van der Waals surface area contributed by atoms with Crippen LogP contribution in [-0.4, -0.2) is 25.6 Å². The average molecular weight is 382 g/mol. The topological polar surface area (TPSA) is 87.4 Å². The molecule has 1 aliphatic rings. The molecule has 0 amide bonds. The highest BCUT2D eigenvalue weighted by atomic mass is 16.7. The Labute approximate surface area is 160 Å². The van der Waals surface area contributed by atoms with Crippen molar-refractivity contribution in [3.63, 3.8) is 0 Å². The molecule has 1 aliphatic heterocycles. The van der Waals surface area contributed by atoms with Gasteiger partial charge in [0.25, 0.3) is 0 Å². The lowest BCUT2D eigenvalue weighted by Gasteiger charge is -2.13. The van der Waals surface area contributed by atoms with Crippen LogP contribution >= 0.6 is 0 Å². The Morgan fingerprint density at radius 1 is 1.07 bits per heavy atom. The smallest absolute Gasteiger partial charge is 0.244 e. The summed E-state index contributed by atoms with van der Waals surface area (Å²) in [5.41, 5.74) is 0.571. The molecule has 0 saturated carbocycles. The van der Waals surface area contributed by atoms with Crippen LogP contribution < -0.4 is 14.9 Å². The van der Waals surface area contributed by atoms with Crippen LogP contribution in [0.1, 0.15) is 11.3 Å². The molecule has 0 aliphatic carbocycles. The van der Waals surface area contributed by atoms with Gasteiger partial charge in [-0.2, -0.15) is 0 Å². The summed E-state index contributed by atoms with van der Waals surface area (Å²) in [4.78, 5) is 12.6. The molecule has 0 bridgehead atoms. The minimum Gasteiger partial charge on any atom is -0.501 e. The Bertz CT molecular complexity index is 1100. The normalized spacial score (nSPS) is 15.6. The number of hydrogen-bond acceptors (Lipinski definition) is 7. The van der Waals surface area contributed by atoms with Gasteiger partial charge in [0, 0.05) is 6.42 Å². The van der Waals surface area contributed by atoms with Gasteiger partial charge >= 0.3 is 0 Å². The molecule has 1 aromatic heterocycles. The van der Waals surface area contributed by atoms with Crippen molar-refractivity contribution in [3.05, 3.63) is 70.3 Å². The van der Waals surface area contributed by atoms with Crippen molar-refractivity contribution in [1.82, 2.24) is 0 Å². The van der Waals surface area contributed by atoms with E-state index in [1.54, 1.807) is 6.07 Å². The maximum Gasteiger partial charge on any atom is 0.244 e. The molecular formula is C21H18O7. The standard InChI is InChI=1S/C21H18O7/c1-24-14-9-8-13-17(22)18(23)20(28-19(13)21(14)25-2)15-11-26-16(27-15)10-12-6-4-3-5-7-12/h3-9,11,16,23H,10H2,1-2H3. The molecule has 28 heavy (non-hydrogen) atoms. The van der Waals surface area contributed by atoms with Gasteiger partial charge in [0.05, 0.1) is 19.6 Å². The summed E-state index contributed by atoms with van der Waals surface area (Å²) in [6, 6.07) is 12.8. The van der Waals surface area contributed by atoms with Gasteiger partial charge in [0.2, 0.25) is 34.7 Å². The number of aromatic hydroxyl groups is 1. The second kappa shape index (κ2) is 7.19. The first kappa shape index (κ1) is 17.8. The van der Waals surface area contributed by atoms with E-state index in [1.807, 2.05) is 30.3 Å². The monoisotopic (exact) mass is 382 g/mol. The largest absolute Gasteiger partial charge is 0.501 e. The van der Waals surface area contributed by atoms with Gasteiger partial charge in [-0.05, 0) is 17.7 Å². The SMILES string of the molecule is COc1ccc2c(=O)c(O)c(C3=COC(Cc4ccccc4)O3)oc2c1OC. The molecule has 1 unspecified atom stereocenters. The lowest BCUT2D eigenvalue weighted by molar-refractivity contribution is -0.0146. The molecular weight excluding hydrogens is 364 g/mol. The summed E-state index contributed by atoms with van der Waals surface area (Å²) >= 11 is 0. The van der Waals surface area contributed by atoms with Crippen LogP contribution in [0.15, 0.2) is 57.9 Å². The van der Waals surface area contributed by atoms with Crippen LogP contribution in [0.5, 0.6) is 17.2 Å². The Morgan fingerprint density at radius 2 is 1.86 bits per heavy atom. The van der Waals surface area contributed by atoms with Gasteiger partial charge in [-0.1, -0.05) is 30.3 Å². The molecule has 7 heteroatoms. The van der Waals surface area contributed by atoms with Crippen LogP contribution in [0.3, 0.4) is 0 Å². The molecule has 1 atom stereocenters. The van der Waals surface area contributed by atoms with Gasteiger partial charge in [-0.15, -0.1) is 0 Å². The van der Waals surface area contributed by atoms with Crippen molar-refractivity contribution in [2.75, 3.05) is 14.2 Å². The van der Waals surface area contributed by atoms with E-state index in [-0.39, 0.29) is 28.2 Å². The molecule has 3 aromatic rings. The molecule has 1 N–H and O–H groups in total. The van der Waals surface area contributed by atoms with Crippen molar-refractivity contribution in [1.29, 1.82) is 0 Å². The number of methoxy groups -OCH3 is 2. The lowest BCUT2D eigenvalue weighted by Crippen LogP contribution is -2.12. The number of benzene rings is 2. The Balaban J connectivity index is 1.71. The molecule has 0 radical (unpaired) electrons. The highest BCUT2D eigenvalue weighted by Gasteiger charge is 2.28. The zero-order valence-electron chi connectivity index (χ0n) is 15.3. The number of rotatable bonds is 5. The molecule has 0 fully saturated rings. The molecule has 0 saturated heterocycles. The second-order valence-electron chi connectivity index (χ2n) is 6.14. The van der Waals surface area contributed by atoms with Crippen molar-refractivity contribution < 1.29 is 28.5 Å². The zero-order valence-corrected chi connectivity index (χ0v) is 15.3. The summed E-state index contributed by atoms with van der Waals surface area (Å²) in [5, 5.41) is 10.5. The summed E-state index contributed by atoms with van der Waals surface area (Å²) in [5.74, 6) is 0.0878. The van der Waals surface area contributed by atoms with E-state index < -0.39 is 17.5 Å². The van der Waals surface area contributed by atoms with Crippen molar-refractivity contribution >= 4 is 16.7 Å². The van der Waals surface area contributed by atoms with Gasteiger partial charge in [0.1, 0.15) is 6.26 Å². The number of hydrogen-bond donors (Lipinski definition) is 1. The highest BCUT2D eigenvalue weighted by Crippen LogP contribution is 2.39. The lowest BCUT2D eigenvalue weighted by atomic mass is 10.1. The fourth-order valence-electron chi connectivity index (χ4n) is 3.07. The van der Waals surface area contributed by atoms with E-state index in [0.717, 1.165) is 5.56 Å². The first-order valence-corrected chi connectivity index (χ1v) is 8.59. The van der Waals surface area contributed by atoms with Crippen molar-refractivity contribution in [3.8, 4) is 17.2 Å². The van der Waals surface area contributed by atoms with E-state index in [4.69, 9.17) is 23.4 Å². The Kier molecular flexibility index (Phi) is 4.57. The summed E-state index contributed by atoms with van der Waals surface area (Å²) in [6.07, 6.45) is 1.23. The molecule has 2 aromatic carbocycles. The minimum absolute atomic E-state index is 0.125. The summed E-state index contributed by atoms with van der Waals surface area (Å²) in [7, 11) is 2.92. The second-order valence-corrected chi connectivity index (χ2v) is 6.14. The van der Waals surface area contributed by atoms with E-state index in [9.17, 15) is 9.90 Å². The van der Waals surface area contributed by atoms with Gasteiger partial charge in [-0.25, -0.2) is 0 Å². The quantitative estimate of drug-likeness (QED) is 0.723. The van der Waals surface area contributed by atoms with Crippen LogP contribution in [0, 0.1) is 0 Å². The minimum atomic E-state index is -0.604. The molecule has 4 rings (SSSR count). The predicted octanol–water partition coefficient (Wildman–Crippen LogP) is 3.43. The zero-order chi connectivity index (χ0) is 19.7. The van der Waals surface area contributed by atoms with Crippen LogP contribution in [0.2, 0.25) is 0 Å². The van der Waals surface area contributed by atoms with Crippen molar-refractivity contribution in [2.45, 2.75) is 12.7 Å². The predicted molar refractivity (Wildman–Crippen MR) is 101 cm³/mol. The third-order valence-electron chi connectivity index (χ3n) is 4.43. The molecule has 144 valence electrons. The Hall–Kier alpha value is -3.61. The first-order chi connectivity index (χ1) is 13.6. The number of ether oxygens (including phenoxy) is 4. The van der Waals surface area contributed by atoms with Crippen LogP contribution in [0.25, 0.3) is 16.7 Å². The molecule has 7 nitrogen and oxygen atoms in total. The first-order valence-electron chi connectivity index (χ1n) is 8.59. The maximum atomic E-state index is 12.6. The van der Waals surface area contributed by atoms with Gasteiger partial charge in [0.15, 0.2) is 11.3 Å². The van der Waals surface area contributed by atoms with Crippen LogP contribution in [-0.2, 0) is 15.9 Å². The van der Waals surface area contributed by atoms with Crippen molar-refractivity contribution in [2.24, 2.45) is 0 Å². The van der Waals surface area contributed by atoms with Gasteiger partial charge < -0.3 is 28.5 Å². The summed E-state index contributed by atoms with van der Waals surface area (Å²) in [6.45, 7) is 0. The number of fused-ring (bicyclic) bond motifs is 1. The highest BCUT2D eigenvalue weighted by molar-refractivity contribution is 5.87. The van der Waals surface area contributed by atoms with Crippen LogP contribution in [0.4, 0.5) is 0 Å². The molecule has 0 spiro atoms. The Morgan fingerprint density at radius 3 is 2.57 bits per heavy atom. The van der Waals surface area contributed by atoms with E-state index in [0.29, 0.717) is 12.2 Å². The third-order valence-corrected chi connectivity index (χ3v) is 4.43.